The van der Waals surface area contributed by atoms with Crippen molar-refractivity contribution in [2.24, 2.45) is 5.92 Å². The second kappa shape index (κ2) is 4.87. The topological polar surface area (TPSA) is 40.5 Å². The Morgan fingerprint density at radius 3 is 2.95 bits per heavy atom. The predicted molar refractivity (Wildman–Crippen MR) is 75.8 cm³/mol. The van der Waals surface area contributed by atoms with Crippen molar-refractivity contribution in [2.75, 3.05) is 18.5 Å². The number of aryl methyl sites for hydroxylation is 1. The van der Waals surface area contributed by atoms with E-state index in [0.29, 0.717) is 5.92 Å². The Balaban J connectivity index is 1.90. The maximum Gasteiger partial charge on any atom is 0.303 e. The highest BCUT2D eigenvalue weighted by Crippen LogP contribution is 2.45. The lowest BCUT2D eigenvalue weighted by Crippen LogP contribution is -2.25. The third kappa shape index (κ3) is 2.60. The van der Waals surface area contributed by atoms with E-state index in [-0.39, 0.29) is 12.3 Å². The standard InChI is InChI=1S/C16H21NO2/c1-17-8-2-3-12-6-7-13(9-15(12)17)14(10-16(18)19)11-4-5-11/h6-7,9,11,14H,2-5,8,10H2,1H3,(H,18,19). The number of anilines is 1. The fraction of sp³-hybridized carbons (Fsp3) is 0.562. The summed E-state index contributed by atoms with van der Waals surface area (Å²) >= 11 is 0. The van der Waals surface area contributed by atoms with Crippen LogP contribution in [-0.4, -0.2) is 24.7 Å². The van der Waals surface area contributed by atoms with Crippen LogP contribution in [0.25, 0.3) is 0 Å². The molecule has 1 fully saturated rings. The number of rotatable bonds is 4. The number of hydrogen-bond acceptors (Lipinski definition) is 2. The zero-order valence-electron chi connectivity index (χ0n) is 11.4. The van der Waals surface area contributed by atoms with Gasteiger partial charge in [-0.1, -0.05) is 12.1 Å². The summed E-state index contributed by atoms with van der Waals surface area (Å²) in [7, 11) is 2.13. The zero-order valence-corrected chi connectivity index (χ0v) is 11.4. The average molecular weight is 259 g/mol. The number of hydrogen-bond donors (Lipinski definition) is 1. The van der Waals surface area contributed by atoms with E-state index >= 15 is 0 Å². The summed E-state index contributed by atoms with van der Waals surface area (Å²) in [6.07, 6.45) is 5.00. The van der Waals surface area contributed by atoms with Crippen molar-refractivity contribution in [1.29, 1.82) is 0 Å². The minimum absolute atomic E-state index is 0.207. The quantitative estimate of drug-likeness (QED) is 0.903. The summed E-state index contributed by atoms with van der Waals surface area (Å²) in [6, 6.07) is 6.60. The van der Waals surface area contributed by atoms with Gasteiger partial charge in [-0.15, -0.1) is 0 Å². The first-order chi connectivity index (χ1) is 9.15. The van der Waals surface area contributed by atoms with Crippen molar-refractivity contribution in [1.82, 2.24) is 0 Å². The molecule has 2 aliphatic rings. The predicted octanol–water partition coefficient (Wildman–Crippen LogP) is 3.04. The van der Waals surface area contributed by atoms with E-state index in [1.807, 2.05) is 0 Å². The molecule has 1 aliphatic carbocycles. The molecule has 3 nitrogen and oxygen atoms in total. The average Bonchev–Trinajstić information content (AvgIpc) is 3.20. The molecule has 3 rings (SSSR count). The van der Waals surface area contributed by atoms with Crippen LogP contribution in [0.5, 0.6) is 0 Å². The van der Waals surface area contributed by atoms with Gasteiger partial charge in [0.15, 0.2) is 0 Å². The van der Waals surface area contributed by atoms with Crippen LogP contribution in [0.15, 0.2) is 18.2 Å². The number of nitrogens with zero attached hydrogens (tertiary/aromatic N) is 1. The first-order valence-corrected chi connectivity index (χ1v) is 7.21. The highest BCUT2D eigenvalue weighted by Gasteiger charge is 2.34. The Morgan fingerprint density at radius 1 is 1.47 bits per heavy atom. The van der Waals surface area contributed by atoms with Gasteiger partial charge in [-0.2, -0.15) is 0 Å². The summed E-state index contributed by atoms with van der Waals surface area (Å²) in [4.78, 5) is 13.4. The van der Waals surface area contributed by atoms with Gasteiger partial charge < -0.3 is 10.0 Å². The van der Waals surface area contributed by atoms with Crippen LogP contribution in [-0.2, 0) is 11.2 Å². The molecule has 0 bridgehead atoms. The second-order valence-electron chi connectivity index (χ2n) is 5.96. The molecule has 19 heavy (non-hydrogen) atoms. The summed E-state index contributed by atoms with van der Waals surface area (Å²) in [5.41, 5.74) is 3.93. The normalized spacial score (nSPS) is 19.9. The highest BCUT2D eigenvalue weighted by molar-refractivity contribution is 5.68. The zero-order chi connectivity index (χ0) is 13.4. The monoisotopic (exact) mass is 259 g/mol. The van der Waals surface area contributed by atoms with Gasteiger partial charge in [0, 0.05) is 19.3 Å². The Labute approximate surface area is 114 Å². The molecule has 1 N–H and O–H groups in total. The van der Waals surface area contributed by atoms with E-state index in [4.69, 9.17) is 5.11 Å². The minimum Gasteiger partial charge on any atom is -0.481 e. The molecule has 1 heterocycles. The molecule has 102 valence electrons. The molecule has 1 atom stereocenters. The molecular weight excluding hydrogens is 238 g/mol. The molecule has 0 radical (unpaired) electrons. The summed E-state index contributed by atoms with van der Waals surface area (Å²) < 4.78 is 0. The molecule has 3 heteroatoms. The number of carboxylic acid groups (broad SMARTS) is 1. The van der Waals surface area contributed by atoms with Crippen molar-refractivity contribution in [2.45, 2.75) is 38.0 Å². The lowest BCUT2D eigenvalue weighted by atomic mass is 9.88. The summed E-state index contributed by atoms with van der Waals surface area (Å²) in [5, 5.41) is 9.10. The van der Waals surface area contributed by atoms with E-state index in [1.165, 1.54) is 36.1 Å². The van der Waals surface area contributed by atoms with Crippen LogP contribution in [0, 0.1) is 5.92 Å². The number of aliphatic carboxylic acids is 1. The molecular formula is C16H21NO2. The van der Waals surface area contributed by atoms with Gasteiger partial charge >= 0.3 is 5.97 Å². The lowest BCUT2D eigenvalue weighted by molar-refractivity contribution is -0.137. The van der Waals surface area contributed by atoms with Crippen LogP contribution < -0.4 is 4.90 Å². The van der Waals surface area contributed by atoms with E-state index < -0.39 is 5.97 Å². The number of carbonyl (C=O) groups is 1. The van der Waals surface area contributed by atoms with Gasteiger partial charge in [0.2, 0.25) is 0 Å². The Hall–Kier alpha value is -1.51. The Kier molecular flexibility index (Phi) is 3.21. The van der Waals surface area contributed by atoms with Crippen molar-refractivity contribution in [3.8, 4) is 0 Å². The first kappa shape index (κ1) is 12.5. The van der Waals surface area contributed by atoms with Crippen LogP contribution in [0.4, 0.5) is 5.69 Å². The second-order valence-corrected chi connectivity index (χ2v) is 5.96. The molecule has 0 saturated heterocycles. The Bertz CT molecular complexity index is 494. The van der Waals surface area contributed by atoms with Crippen molar-refractivity contribution in [3.63, 3.8) is 0 Å². The van der Waals surface area contributed by atoms with Gasteiger partial charge in [0.1, 0.15) is 0 Å². The molecule has 1 aromatic carbocycles. The summed E-state index contributed by atoms with van der Waals surface area (Å²) in [5.74, 6) is 0.115. The van der Waals surface area contributed by atoms with Gasteiger partial charge in [-0.05, 0) is 54.7 Å². The van der Waals surface area contributed by atoms with E-state index in [1.54, 1.807) is 0 Å². The van der Waals surface area contributed by atoms with Crippen LogP contribution in [0.1, 0.15) is 42.7 Å². The fourth-order valence-electron chi connectivity index (χ4n) is 3.25. The molecule has 1 saturated carbocycles. The van der Waals surface area contributed by atoms with Crippen LogP contribution in [0.2, 0.25) is 0 Å². The molecule has 1 unspecified atom stereocenters. The lowest BCUT2D eigenvalue weighted by Gasteiger charge is -2.29. The van der Waals surface area contributed by atoms with Gasteiger partial charge in [-0.25, -0.2) is 0 Å². The highest BCUT2D eigenvalue weighted by atomic mass is 16.4. The van der Waals surface area contributed by atoms with Crippen molar-refractivity contribution in [3.05, 3.63) is 29.3 Å². The van der Waals surface area contributed by atoms with E-state index in [9.17, 15) is 4.79 Å². The largest absolute Gasteiger partial charge is 0.481 e. The van der Waals surface area contributed by atoms with Crippen molar-refractivity contribution < 1.29 is 9.90 Å². The summed E-state index contributed by atoms with van der Waals surface area (Å²) in [6.45, 7) is 1.10. The Morgan fingerprint density at radius 2 is 2.26 bits per heavy atom. The maximum atomic E-state index is 11.1. The van der Waals surface area contributed by atoms with Gasteiger partial charge in [-0.3, -0.25) is 4.79 Å². The molecule has 1 aliphatic heterocycles. The third-order valence-electron chi connectivity index (χ3n) is 4.47. The van der Waals surface area contributed by atoms with E-state index in [2.05, 4.69) is 30.1 Å². The number of fused-ring (bicyclic) bond motifs is 1. The number of benzene rings is 1. The van der Waals surface area contributed by atoms with Gasteiger partial charge in [0.05, 0.1) is 6.42 Å². The fourth-order valence-corrected chi connectivity index (χ4v) is 3.25. The molecule has 0 amide bonds. The van der Waals surface area contributed by atoms with E-state index in [0.717, 1.165) is 13.0 Å². The maximum absolute atomic E-state index is 11.1. The smallest absolute Gasteiger partial charge is 0.303 e. The first-order valence-electron chi connectivity index (χ1n) is 7.21. The van der Waals surface area contributed by atoms with Gasteiger partial charge in [0.25, 0.3) is 0 Å². The molecule has 1 aromatic rings. The molecule has 0 spiro atoms. The molecule has 0 aromatic heterocycles. The van der Waals surface area contributed by atoms with Crippen LogP contribution in [0.3, 0.4) is 0 Å². The third-order valence-corrected chi connectivity index (χ3v) is 4.47. The SMILES string of the molecule is CN1CCCc2ccc(C(CC(=O)O)C3CC3)cc21. The minimum atomic E-state index is -0.678. The number of carboxylic acids is 1. The van der Waals surface area contributed by atoms with Crippen LogP contribution >= 0.6 is 0 Å². The van der Waals surface area contributed by atoms with Crippen molar-refractivity contribution >= 4 is 11.7 Å².